The van der Waals surface area contributed by atoms with Gasteiger partial charge in [-0.15, -0.1) is 0 Å². The number of hydrogen-bond acceptors (Lipinski definition) is 6. The van der Waals surface area contributed by atoms with Crippen molar-refractivity contribution >= 4 is 11.9 Å². The Hall–Kier alpha value is -2.24. The van der Waals surface area contributed by atoms with E-state index in [0.29, 0.717) is 17.9 Å². The van der Waals surface area contributed by atoms with Gasteiger partial charge in [0.25, 0.3) is 0 Å². The Morgan fingerprint density at radius 2 is 1.70 bits per heavy atom. The van der Waals surface area contributed by atoms with Gasteiger partial charge >= 0.3 is 11.9 Å². The maximum absolute atomic E-state index is 12.4. The number of carbonyl (C=O) groups is 2. The zero-order valence-electron chi connectivity index (χ0n) is 13.9. The van der Waals surface area contributed by atoms with Crippen molar-refractivity contribution in [2.24, 2.45) is 5.41 Å². The summed E-state index contributed by atoms with van der Waals surface area (Å²) in [5.41, 5.74) is -0.543. The van der Waals surface area contributed by atoms with Crippen molar-refractivity contribution in [1.82, 2.24) is 0 Å². The van der Waals surface area contributed by atoms with Crippen LogP contribution in [0.15, 0.2) is 18.2 Å². The van der Waals surface area contributed by atoms with Crippen LogP contribution < -0.4 is 9.47 Å². The van der Waals surface area contributed by atoms with Gasteiger partial charge in [-0.05, 0) is 38.5 Å². The predicted octanol–water partition coefficient (Wildman–Crippen LogP) is 2.30. The molecule has 6 heteroatoms. The SMILES string of the molecule is CCOC(=O)C1(C(=O)OCC)CC1c1cc(OC)ccc1OC. The molecule has 0 spiro atoms. The van der Waals surface area contributed by atoms with Crippen LogP contribution in [0.4, 0.5) is 0 Å². The molecule has 1 aliphatic rings. The van der Waals surface area contributed by atoms with Crippen LogP contribution in [0, 0.1) is 5.41 Å². The van der Waals surface area contributed by atoms with Gasteiger partial charge in [-0.3, -0.25) is 9.59 Å². The molecule has 0 saturated heterocycles. The molecule has 2 rings (SSSR count). The Labute approximate surface area is 135 Å². The average molecular weight is 322 g/mol. The van der Waals surface area contributed by atoms with E-state index in [1.807, 2.05) is 0 Å². The van der Waals surface area contributed by atoms with Crippen LogP contribution in [-0.4, -0.2) is 39.4 Å². The highest BCUT2D eigenvalue weighted by Gasteiger charge is 2.69. The van der Waals surface area contributed by atoms with Crippen LogP contribution in [0.2, 0.25) is 0 Å². The van der Waals surface area contributed by atoms with Crippen LogP contribution >= 0.6 is 0 Å². The highest BCUT2D eigenvalue weighted by atomic mass is 16.6. The molecule has 0 aliphatic heterocycles. The molecule has 1 atom stereocenters. The molecule has 0 bridgehead atoms. The maximum Gasteiger partial charge on any atom is 0.324 e. The molecule has 1 aromatic carbocycles. The summed E-state index contributed by atoms with van der Waals surface area (Å²) in [7, 11) is 3.10. The number of carbonyl (C=O) groups excluding carboxylic acids is 2. The van der Waals surface area contributed by atoms with Gasteiger partial charge in [0.15, 0.2) is 5.41 Å². The lowest BCUT2D eigenvalue weighted by Gasteiger charge is -2.16. The van der Waals surface area contributed by atoms with E-state index >= 15 is 0 Å². The smallest absolute Gasteiger partial charge is 0.324 e. The van der Waals surface area contributed by atoms with Gasteiger partial charge in [0, 0.05) is 11.5 Å². The second-order valence-corrected chi connectivity index (χ2v) is 5.28. The summed E-state index contributed by atoms with van der Waals surface area (Å²) in [4.78, 5) is 24.8. The lowest BCUT2D eigenvalue weighted by atomic mass is 9.98. The molecule has 0 heterocycles. The quantitative estimate of drug-likeness (QED) is 0.567. The zero-order chi connectivity index (χ0) is 17.0. The minimum atomic E-state index is -1.29. The molecule has 23 heavy (non-hydrogen) atoms. The highest BCUT2D eigenvalue weighted by molar-refractivity contribution is 6.05. The van der Waals surface area contributed by atoms with Crippen molar-refractivity contribution in [2.45, 2.75) is 26.2 Å². The second kappa shape index (κ2) is 6.89. The summed E-state index contributed by atoms with van der Waals surface area (Å²) >= 11 is 0. The van der Waals surface area contributed by atoms with Gasteiger partial charge in [-0.2, -0.15) is 0 Å². The molecule has 0 N–H and O–H groups in total. The molecule has 126 valence electrons. The van der Waals surface area contributed by atoms with Crippen LogP contribution in [0.5, 0.6) is 11.5 Å². The number of hydrogen-bond donors (Lipinski definition) is 0. The van der Waals surface area contributed by atoms with E-state index in [4.69, 9.17) is 18.9 Å². The highest BCUT2D eigenvalue weighted by Crippen LogP contribution is 2.62. The lowest BCUT2D eigenvalue weighted by molar-refractivity contribution is -0.164. The van der Waals surface area contributed by atoms with E-state index in [1.54, 1.807) is 46.3 Å². The molecular formula is C17H22O6. The third-order valence-corrected chi connectivity index (χ3v) is 4.05. The van der Waals surface area contributed by atoms with Gasteiger partial charge in [0.1, 0.15) is 11.5 Å². The van der Waals surface area contributed by atoms with Crippen LogP contribution in [0.25, 0.3) is 0 Å². The molecule has 0 aromatic heterocycles. The van der Waals surface area contributed by atoms with Gasteiger partial charge in [0.2, 0.25) is 0 Å². The molecule has 6 nitrogen and oxygen atoms in total. The Balaban J connectivity index is 2.40. The molecule has 0 amide bonds. The monoisotopic (exact) mass is 322 g/mol. The first-order valence-electron chi connectivity index (χ1n) is 7.61. The fourth-order valence-corrected chi connectivity index (χ4v) is 2.80. The Kier molecular flexibility index (Phi) is 5.13. The molecule has 0 radical (unpaired) electrons. The Morgan fingerprint density at radius 1 is 1.09 bits per heavy atom. The van der Waals surface area contributed by atoms with Crippen molar-refractivity contribution in [1.29, 1.82) is 0 Å². The Bertz CT molecular complexity index is 577. The van der Waals surface area contributed by atoms with Crippen LogP contribution in [0.3, 0.4) is 0 Å². The Morgan fingerprint density at radius 3 is 2.17 bits per heavy atom. The van der Waals surface area contributed by atoms with E-state index in [-0.39, 0.29) is 19.1 Å². The van der Waals surface area contributed by atoms with E-state index in [9.17, 15) is 9.59 Å². The van der Waals surface area contributed by atoms with Crippen molar-refractivity contribution in [3.8, 4) is 11.5 Å². The molecule has 1 saturated carbocycles. The molecular weight excluding hydrogens is 300 g/mol. The number of rotatable bonds is 7. The van der Waals surface area contributed by atoms with Gasteiger partial charge in [-0.1, -0.05) is 0 Å². The van der Waals surface area contributed by atoms with E-state index < -0.39 is 17.4 Å². The second-order valence-electron chi connectivity index (χ2n) is 5.28. The molecule has 1 aliphatic carbocycles. The van der Waals surface area contributed by atoms with Crippen molar-refractivity contribution in [2.75, 3.05) is 27.4 Å². The number of esters is 2. The van der Waals surface area contributed by atoms with Crippen LogP contribution in [0.1, 0.15) is 31.7 Å². The van der Waals surface area contributed by atoms with E-state index in [2.05, 4.69) is 0 Å². The normalized spacial score (nSPS) is 18.0. The molecule has 1 fully saturated rings. The largest absolute Gasteiger partial charge is 0.497 e. The number of ether oxygens (including phenoxy) is 4. The minimum Gasteiger partial charge on any atom is -0.497 e. The molecule has 1 aromatic rings. The van der Waals surface area contributed by atoms with Gasteiger partial charge < -0.3 is 18.9 Å². The fourth-order valence-electron chi connectivity index (χ4n) is 2.80. The number of methoxy groups -OCH3 is 2. The maximum atomic E-state index is 12.4. The average Bonchev–Trinajstić information content (AvgIpc) is 3.31. The topological polar surface area (TPSA) is 71.1 Å². The third kappa shape index (κ3) is 2.98. The number of benzene rings is 1. The van der Waals surface area contributed by atoms with Gasteiger partial charge in [0.05, 0.1) is 27.4 Å². The zero-order valence-corrected chi connectivity index (χ0v) is 13.9. The lowest BCUT2D eigenvalue weighted by Crippen LogP contribution is -2.31. The van der Waals surface area contributed by atoms with Crippen molar-refractivity contribution in [3.63, 3.8) is 0 Å². The van der Waals surface area contributed by atoms with Crippen LogP contribution in [-0.2, 0) is 19.1 Å². The summed E-state index contributed by atoms with van der Waals surface area (Å²) in [6.45, 7) is 3.84. The summed E-state index contributed by atoms with van der Waals surface area (Å²) in [6.07, 6.45) is 0.341. The summed E-state index contributed by atoms with van der Waals surface area (Å²) in [5.74, 6) is -0.201. The summed E-state index contributed by atoms with van der Waals surface area (Å²) < 4.78 is 20.8. The predicted molar refractivity (Wildman–Crippen MR) is 82.6 cm³/mol. The minimum absolute atomic E-state index is 0.210. The summed E-state index contributed by atoms with van der Waals surface area (Å²) in [5, 5.41) is 0. The van der Waals surface area contributed by atoms with Gasteiger partial charge in [-0.25, -0.2) is 0 Å². The van der Waals surface area contributed by atoms with Crippen molar-refractivity contribution in [3.05, 3.63) is 23.8 Å². The third-order valence-electron chi connectivity index (χ3n) is 4.05. The first-order valence-corrected chi connectivity index (χ1v) is 7.61. The van der Waals surface area contributed by atoms with E-state index in [0.717, 1.165) is 5.56 Å². The molecule has 1 unspecified atom stereocenters. The van der Waals surface area contributed by atoms with E-state index in [1.165, 1.54) is 0 Å². The van der Waals surface area contributed by atoms with Crippen molar-refractivity contribution < 1.29 is 28.5 Å². The fraction of sp³-hybridized carbons (Fsp3) is 0.529. The standard InChI is InChI=1S/C17H22O6/c1-5-22-15(18)17(16(19)23-6-2)10-13(17)12-9-11(20-3)7-8-14(12)21-4/h7-9,13H,5-6,10H2,1-4H3. The summed E-state index contributed by atoms with van der Waals surface area (Å²) in [6, 6.07) is 5.30. The first kappa shape index (κ1) is 17.1. The first-order chi connectivity index (χ1) is 11.0.